The molecule has 4 heteroatoms. The molecule has 0 saturated heterocycles. The van der Waals surface area contributed by atoms with Gasteiger partial charge in [0.2, 0.25) is 0 Å². The molecular weight excluding hydrogens is 234 g/mol. The van der Waals surface area contributed by atoms with E-state index in [1.807, 2.05) is 24.3 Å². The van der Waals surface area contributed by atoms with Gasteiger partial charge in [0, 0.05) is 29.1 Å². The largest absolute Gasteiger partial charge is 0.398 e. The number of hydrogen-bond acceptors (Lipinski definition) is 3. The molecule has 0 aliphatic heterocycles. The molecule has 0 aliphatic rings. The monoisotopic (exact) mass is 247 g/mol. The van der Waals surface area contributed by atoms with E-state index in [4.69, 9.17) is 23.1 Å². The highest BCUT2D eigenvalue weighted by Crippen LogP contribution is 2.21. The van der Waals surface area contributed by atoms with Crippen molar-refractivity contribution in [3.63, 3.8) is 0 Å². The lowest BCUT2D eigenvalue weighted by atomic mass is 10.00. The Kier molecular flexibility index (Phi) is 3.61. The van der Waals surface area contributed by atoms with Gasteiger partial charge in [0.25, 0.3) is 0 Å². The van der Waals surface area contributed by atoms with E-state index in [1.165, 1.54) is 0 Å². The number of hydrogen-bond donors (Lipinski definition) is 2. The summed E-state index contributed by atoms with van der Waals surface area (Å²) in [6.45, 7) is 0. The van der Waals surface area contributed by atoms with Gasteiger partial charge in [0.15, 0.2) is 0 Å². The molecular formula is C13H14ClN3. The molecule has 88 valence electrons. The van der Waals surface area contributed by atoms with Crippen molar-refractivity contribution < 1.29 is 0 Å². The second-order valence-corrected chi connectivity index (χ2v) is 4.38. The third-order valence-electron chi connectivity index (χ3n) is 2.66. The zero-order valence-electron chi connectivity index (χ0n) is 9.31. The fourth-order valence-corrected chi connectivity index (χ4v) is 1.90. The van der Waals surface area contributed by atoms with Crippen LogP contribution in [0, 0.1) is 0 Å². The van der Waals surface area contributed by atoms with Crippen molar-refractivity contribution in [2.75, 3.05) is 5.73 Å². The van der Waals surface area contributed by atoms with Crippen molar-refractivity contribution >= 4 is 17.3 Å². The van der Waals surface area contributed by atoms with Crippen LogP contribution in [0.15, 0.2) is 42.7 Å². The Balaban J connectivity index is 2.17. The highest BCUT2D eigenvalue weighted by Gasteiger charge is 2.09. The van der Waals surface area contributed by atoms with Gasteiger partial charge in [-0.05, 0) is 35.7 Å². The van der Waals surface area contributed by atoms with Gasteiger partial charge >= 0.3 is 0 Å². The third-order valence-corrected chi connectivity index (χ3v) is 2.89. The number of nitrogens with zero attached hydrogens (tertiary/aromatic N) is 1. The second kappa shape index (κ2) is 5.17. The lowest BCUT2D eigenvalue weighted by Gasteiger charge is -2.13. The summed E-state index contributed by atoms with van der Waals surface area (Å²) in [5.41, 5.74) is 14.7. The number of benzene rings is 1. The van der Waals surface area contributed by atoms with Crippen LogP contribution in [0.25, 0.3) is 0 Å². The lowest BCUT2D eigenvalue weighted by molar-refractivity contribution is 0.721. The van der Waals surface area contributed by atoms with Gasteiger partial charge in [0.1, 0.15) is 0 Å². The zero-order chi connectivity index (χ0) is 12.3. The van der Waals surface area contributed by atoms with Crippen molar-refractivity contribution in [1.29, 1.82) is 0 Å². The Morgan fingerprint density at radius 3 is 2.82 bits per heavy atom. The molecule has 1 aromatic heterocycles. The Bertz CT molecular complexity index is 514. The number of nitrogens with two attached hydrogens (primary N) is 2. The van der Waals surface area contributed by atoms with Gasteiger partial charge in [-0.1, -0.05) is 23.7 Å². The summed E-state index contributed by atoms with van der Waals surface area (Å²) in [7, 11) is 0. The van der Waals surface area contributed by atoms with Crippen molar-refractivity contribution in [2.24, 2.45) is 5.73 Å². The fourth-order valence-electron chi connectivity index (χ4n) is 1.70. The van der Waals surface area contributed by atoms with E-state index in [2.05, 4.69) is 4.98 Å². The minimum atomic E-state index is -0.125. The number of pyridine rings is 1. The molecule has 1 heterocycles. The number of halogens is 1. The average Bonchev–Trinajstić information content (AvgIpc) is 2.32. The van der Waals surface area contributed by atoms with E-state index in [-0.39, 0.29) is 6.04 Å². The van der Waals surface area contributed by atoms with E-state index >= 15 is 0 Å². The first-order valence-corrected chi connectivity index (χ1v) is 5.74. The Morgan fingerprint density at radius 1 is 1.29 bits per heavy atom. The van der Waals surface area contributed by atoms with Crippen LogP contribution >= 0.6 is 11.6 Å². The summed E-state index contributed by atoms with van der Waals surface area (Å²) in [4.78, 5) is 4.05. The molecule has 4 N–H and O–H groups in total. The molecule has 0 spiro atoms. The standard InChI is InChI=1S/C13H14ClN3/c14-11-3-1-2-9(6-11)13(16)7-10-8-17-5-4-12(10)15/h1-6,8,13H,7,16H2,(H2,15,17). The van der Waals surface area contributed by atoms with Crippen LogP contribution in [-0.4, -0.2) is 4.98 Å². The van der Waals surface area contributed by atoms with E-state index in [0.29, 0.717) is 11.4 Å². The molecule has 0 saturated carbocycles. The van der Waals surface area contributed by atoms with Crippen molar-refractivity contribution in [3.8, 4) is 0 Å². The fraction of sp³-hybridized carbons (Fsp3) is 0.154. The zero-order valence-corrected chi connectivity index (χ0v) is 10.1. The molecule has 1 aromatic carbocycles. The molecule has 0 bridgehead atoms. The first-order valence-electron chi connectivity index (χ1n) is 5.36. The van der Waals surface area contributed by atoms with Crippen molar-refractivity contribution in [2.45, 2.75) is 12.5 Å². The van der Waals surface area contributed by atoms with Gasteiger partial charge in [0.05, 0.1) is 0 Å². The summed E-state index contributed by atoms with van der Waals surface area (Å²) < 4.78 is 0. The SMILES string of the molecule is Nc1ccncc1CC(N)c1cccc(Cl)c1. The Labute approximate surface area is 105 Å². The summed E-state index contributed by atoms with van der Waals surface area (Å²) >= 11 is 5.93. The second-order valence-electron chi connectivity index (χ2n) is 3.94. The number of anilines is 1. The number of nitrogen functional groups attached to an aromatic ring is 1. The van der Waals surface area contributed by atoms with Crippen LogP contribution in [-0.2, 0) is 6.42 Å². The maximum absolute atomic E-state index is 6.12. The first-order chi connectivity index (χ1) is 8.16. The molecule has 0 fully saturated rings. The molecule has 17 heavy (non-hydrogen) atoms. The van der Waals surface area contributed by atoms with Crippen LogP contribution in [0.5, 0.6) is 0 Å². The quantitative estimate of drug-likeness (QED) is 0.876. The molecule has 1 atom stereocenters. The van der Waals surface area contributed by atoms with Gasteiger partial charge in [-0.2, -0.15) is 0 Å². The molecule has 2 rings (SSSR count). The molecule has 1 unspecified atom stereocenters. The number of aromatic nitrogens is 1. The van der Waals surface area contributed by atoms with Crippen molar-refractivity contribution in [1.82, 2.24) is 4.98 Å². The minimum Gasteiger partial charge on any atom is -0.398 e. The van der Waals surface area contributed by atoms with E-state index in [0.717, 1.165) is 16.8 Å². The van der Waals surface area contributed by atoms with E-state index < -0.39 is 0 Å². The highest BCUT2D eigenvalue weighted by atomic mass is 35.5. The van der Waals surface area contributed by atoms with Gasteiger partial charge in [-0.25, -0.2) is 0 Å². The maximum Gasteiger partial charge on any atom is 0.0409 e. The van der Waals surface area contributed by atoms with Crippen LogP contribution in [0.4, 0.5) is 5.69 Å². The first kappa shape index (κ1) is 11.9. The lowest BCUT2D eigenvalue weighted by Crippen LogP contribution is -2.14. The van der Waals surface area contributed by atoms with Crippen LogP contribution in [0.3, 0.4) is 0 Å². The predicted molar refractivity (Wildman–Crippen MR) is 70.7 cm³/mol. The molecule has 0 radical (unpaired) electrons. The molecule has 3 nitrogen and oxygen atoms in total. The van der Waals surface area contributed by atoms with Gasteiger partial charge < -0.3 is 11.5 Å². The topological polar surface area (TPSA) is 64.9 Å². The van der Waals surface area contributed by atoms with Crippen LogP contribution in [0.1, 0.15) is 17.2 Å². The highest BCUT2D eigenvalue weighted by molar-refractivity contribution is 6.30. The van der Waals surface area contributed by atoms with Crippen LogP contribution in [0.2, 0.25) is 5.02 Å². The van der Waals surface area contributed by atoms with E-state index in [9.17, 15) is 0 Å². The normalized spacial score (nSPS) is 12.4. The Morgan fingerprint density at radius 2 is 2.12 bits per heavy atom. The number of rotatable bonds is 3. The van der Waals surface area contributed by atoms with Crippen molar-refractivity contribution in [3.05, 3.63) is 58.9 Å². The van der Waals surface area contributed by atoms with E-state index in [1.54, 1.807) is 18.5 Å². The predicted octanol–water partition coefficient (Wildman–Crippen LogP) is 2.56. The Hall–Kier alpha value is -1.58. The summed E-state index contributed by atoms with van der Waals surface area (Å²) in [6, 6.07) is 9.21. The van der Waals surface area contributed by atoms with Gasteiger partial charge in [-0.15, -0.1) is 0 Å². The summed E-state index contributed by atoms with van der Waals surface area (Å²) in [5, 5.41) is 0.692. The molecule has 0 amide bonds. The average molecular weight is 248 g/mol. The smallest absolute Gasteiger partial charge is 0.0409 e. The minimum absolute atomic E-state index is 0.125. The summed E-state index contributed by atoms with van der Waals surface area (Å²) in [5.74, 6) is 0. The molecule has 2 aromatic rings. The van der Waals surface area contributed by atoms with Crippen LogP contribution < -0.4 is 11.5 Å². The maximum atomic E-state index is 6.12. The summed E-state index contributed by atoms with van der Waals surface area (Å²) in [6.07, 6.45) is 4.07. The third kappa shape index (κ3) is 2.96. The molecule has 0 aliphatic carbocycles. The van der Waals surface area contributed by atoms with Gasteiger partial charge in [-0.3, -0.25) is 4.98 Å².